The Hall–Kier alpha value is -3.66. The summed E-state index contributed by atoms with van der Waals surface area (Å²) in [7, 11) is 0. The van der Waals surface area contributed by atoms with Crippen LogP contribution in [-0.2, 0) is 16.9 Å². The summed E-state index contributed by atoms with van der Waals surface area (Å²) in [4.78, 5) is 46.5. The monoisotopic (exact) mass is 496 g/mol. The number of nitrogens with zero attached hydrogens (tertiary/aromatic N) is 3. The number of rotatable bonds is 5. The number of piperidine rings is 1. The summed E-state index contributed by atoms with van der Waals surface area (Å²) >= 11 is 1.49. The third kappa shape index (κ3) is 4.07. The number of amides is 4. The van der Waals surface area contributed by atoms with E-state index in [1.165, 1.54) is 21.1 Å². The number of thiophene rings is 1. The summed E-state index contributed by atoms with van der Waals surface area (Å²) in [5.74, 6) is -2.76. The van der Waals surface area contributed by atoms with Crippen LogP contribution in [0.4, 0.5) is 13.6 Å². The highest BCUT2D eigenvalue weighted by Gasteiger charge is 2.57. The molecule has 4 heterocycles. The normalized spacial score (nSPS) is 20.9. The van der Waals surface area contributed by atoms with Gasteiger partial charge in [-0.15, -0.1) is 0 Å². The van der Waals surface area contributed by atoms with Gasteiger partial charge in [-0.1, -0.05) is 6.07 Å². The average Bonchev–Trinajstić information content (AvgIpc) is 3.48. The highest BCUT2D eigenvalue weighted by Crippen LogP contribution is 2.42. The van der Waals surface area contributed by atoms with Crippen molar-refractivity contribution in [3.63, 3.8) is 0 Å². The molecule has 1 aromatic carbocycles. The molecule has 2 aliphatic rings. The predicted octanol–water partition coefficient (Wildman–Crippen LogP) is 3.92. The van der Waals surface area contributed by atoms with Gasteiger partial charge in [0.05, 0.1) is 12.1 Å². The molecule has 3 aromatic rings. The van der Waals surface area contributed by atoms with Gasteiger partial charge in [0.15, 0.2) is 5.54 Å². The number of hydrogen-bond acceptors (Lipinski definition) is 5. The third-order valence-corrected chi connectivity index (χ3v) is 7.45. The van der Waals surface area contributed by atoms with Crippen molar-refractivity contribution in [2.24, 2.45) is 5.92 Å². The van der Waals surface area contributed by atoms with Crippen LogP contribution < -0.4 is 5.32 Å². The number of benzene rings is 1. The van der Waals surface area contributed by atoms with Crippen LogP contribution in [0.3, 0.4) is 0 Å². The second kappa shape index (κ2) is 9.18. The number of pyridine rings is 1. The van der Waals surface area contributed by atoms with Gasteiger partial charge in [0.2, 0.25) is 0 Å². The van der Waals surface area contributed by atoms with Crippen LogP contribution in [-0.4, -0.2) is 45.7 Å². The van der Waals surface area contributed by atoms with Crippen LogP contribution in [0.25, 0.3) is 0 Å². The first-order chi connectivity index (χ1) is 16.9. The molecule has 2 aliphatic heterocycles. The lowest BCUT2D eigenvalue weighted by atomic mass is 9.73. The fourth-order valence-electron chi connectivity index (χ4n) is 4.95. The molecule has 10 heteroatoms. The zero-order valence-corrected chi connectivity index (χ0v) is 19.4. The molecule has 0 spiro atoms. The lowest BCUT2D eigenvalue weighted by Gasteiger charge is -2.41. The Morgan fingerprint density at radius 2 is 1.97 bits per heavy atom. The molecule has 0 radical (unpaired) electrons. The summed E-state index contributed by atoms with van der Waals surface area (Å²) in [6.45, 7) is 0.622. The Morgan fingerprint density at radius 1 is 1.17 bits per heavy atom. The van der Waals surface area contributed by atoms with Gasteiger partial charge in [0.25, 0.3) is 11.8 Å². The highest BCUT2D eigenvalue weighted by molar-refractivity contribution is 7.07. The van der Waals surface area contributed by atoms with Crippen LogP contribution >= 0.6 is 11.3 Å². The fourth-order valence-corrected chi connectivity index (χ4v) is 5.61. The molecule has 4 amide bonds. The van der Waals surface area contributed by atoms with Crippen molar-refractivity contribution in [3.05, 3.63) is 87.9 Å². The van der Waals surface area contributed by atoms with E-state index >= 15 is 0 Å². The SMILES string of the molecule is O=C(c1cc(F)ccc1F)N1CCC([C@]2(c3cccnc3)NC(=O)N(Cc3ccsc3)C2=O)CC1. The molecule has 180 valence electrons. The first-order valence-corrected chi connectivity index (χ1v) is 12.1. The van der Waals surface area contributed by atoms with Gasteiger partial charge in [-0.05, 0) is 65.4 Å². The van der Waals surface area contributed by atoms with Crippen LogP contribution in [0.2, 0.25) is 0 Å². The van der Waals surface area contributed by atoms with E-state index in [1.807, 2.05) is 16.8 Å². The number of carbonyl (C=O) groups is 3. The van der Waals surface area contributed by atoms with Crippen LogP contribution in [0, 0.1) is 17.6 Å². The Morgan fingerprint density at radius 3 is 2.66 bits per heavy atom. The molecular formula is C25H22F2N4O3S. The van der Waals surface area contributed by atoms with Gasteiger partial charge in [0.1, 0.15) is 11.6 Å². The molecule has 0 aliphatic carbocycles. The number of halogens is 2. The zero-order chi connectivity index (χ0) is 24.6. The Bertz CT molecular complexity index is 1260. The Kier molecular flexibility index (Phi) is 6.06. The summed E-state index contributed by atoms with van der Waals surface area (Å²) in [5, 5.41) is 6.72. The van der Waals surface area contributed by atoms with Gasteiger partial charge in [-0.25, -0.2) is 13.6 Å². The van der Waals surface area contributed by atoms with E-state index < -0.39 is 29.1 Å². The topological polar surface area (TPSA) is 82.6 Å². The van der Waals surface area contributed by atoms with Crippen molar-refractivity contribution in [3.8, 4) is 0 Å². The van der Waals surface area contributed by atoms with Gasteiger partial charge in [-0.2, -0.15) is 11.3 Å². The van der Waals surface area contributed by atoms with E-state index in [1.54, 1.807) is 24.5 Å². The summed E-state index contributed by atoms with van der Waals surface area (Å²) in [6, 6.07) is 7.65. The van der Waals surface area contributed by atoms with Crippen molar-refractivity contribution in [1.82, 2.24) is 20.1 Å². The number of nitrogens with one attached hydrogen (secondary N) is 1. The molecule has 1 N–H and O–H groups in total. The highest BCUT2D eigenvalue weighted by atomic mass is 32.1. The second-order valence-corrected chi connectivity index (χ2v) is 9.47. The van der Waals surface area contributed by atoms with E-state index in [4.69, 9.17) is 0 Å². The largest absolute Gasteiger partial charge is 0.339 e. The minimum Gasteiger partial charge on any atom is -0.339 e. The lowest BCUT2D eigenvalue weighted by Crippen LogP contribution is -2.54. The number of aromatic nitrogens is 1. The van der Waals surface area contributed by atoms with E-state index in [0.717, 1.165) is 23.8 Å². The molecule has 0 saturated carbocycles. The molecule has 0 unspecified atom stereocenters. The molecule has 5 rings (SSSR count). The molecular weight excluding hydrogens is 474 g/mol. The summed E-state index contributed by atoms with van der Waals surface area (Å²) in [6.07, 6.45) is 3.94. The van der Waals surface area contributed by atoms with Gasteiger partial charge in [0, 0.05) is 31.0 Å². The molecule has 2 saturated heterocycles. The number of urea groups is 1. The smallest absolute Gasteiger partial charge is 0.325 e. The standard InChI is InChI=1S/C25H22F2N4O3S/c26-19-3-4-21(27)20(12-19)22(32)30-9-5-17(6-10-30)25(18-2-1-8-28-13-18)23(33)31(24(34)29-25)14-16-7-11-35-15-16/h1-4,7-8,11-13,15,17H,5-6,9-10,14H2,(H,29,34)/t25-/m1/s1. The zero-order valence-electron chi connectivity index (χ0n) is 18.6. The van der Waals surface area contributed by atoms with E-state index in [-0.39, 0.29) is 37.0 Å². The van der Waals surface area contributed by atoms with E-state index in [2.05, 4.69) is 10.3 Å². The average molecular weight is 497 g/mol. The van der Waals surface area contributed by atoms with Crippen molar-refractivity contribution < 1.29 is 23.2 Å². The number of likely N-dealkylation sites (tertiary alicyclic amines) is 1. The lowest BCUT2D eigenvalue weighted by molar-refractivity contribution is -0.134. The maximum atomic E-state index is 14.2. The van der Waals surface area contributed by atoms with Crippen LogP contribution in [0.5, 0.6) is 0 Å². The minimum absolute atomic E-state index is 0.159. The van der Waals surface area contributed by atoms with Crippen molar-refractivity contribution >= 4 is 29.2 Å². The summed E-state index contributed by atoms with van der Waals surface area (Å²) in [5.41, 5.74) is -0.205. The molecule has 2 fully saturated rings. The first-order valence-electron chi connectivity index (χ1n) is 11.2. The minimum atomic E-state index is -1.32. The van der Waals surface area contributed by atoms with Gasteiger partial charge >= 0.3 is 6.03 Å². The van der Waals surface area contributed by atoms with Crippen LogP contribution in [0.15, 0.2) is 59.6 Å². The summed E-state index contributed by atoms with van der Waals surface area (Å²) < 4.78 is 27.8. The third-order valence-electron chi connectivity index (χ3n) is 6.72. The van der Waals surface area contributed by atoms with Gasteiger partial charge < -0.3 is 10.2 Å². The van der Waals surface area contributed by atoms with E-state index in [9.17, 15) is 23.2 Å². The molecule has 1 atom stereocenters. The maximum Gasteiger partial charge on any atom is 0.325 e. The Balaban J connectivity index is 1.41. The quantitative estimate of drug-likeness (QED) is 0.543. The molecule has 7 nitrogen and oxygen atoms in total. The maximum absolute atomic E-state index is 14.2. The molecule has 35 heavy (non-hydrogen) atoms. The van der Waals surface area contributed by atoms with Crippen LogP contribution in [0.1, 0.15) is 34.3 Å². The van der Waals surface area contributed by atoms with Crippen molar-refractivity contribution in [2.75, 3.05) is 13.1 Å². The van der Waals surface area contributed by atoms with Crippen molar-refractivity contribution in [2.45, 2.75) is 24.9 Å². The number of carbonyl (C=O) groups excluding carboxylic acids is 3. The molecule has 2 aromatic heterocycles. The predicted molar refractivity (Wildman–Crippen MR) is 124 cm³/mol. The first kappa shape index (κ1) is 23.1. The molecule has 0 bridgehead atoms. The fraction of sp³-hybridized carbons (Fsp3) is 0.280. The second-order valence-electron chi connectivity index (χ2n) is 8.69. The number of hydrogen-bond donors (Lipinski definition) is 1. The number of imide groups is 1. The Labute approximate surface area is 204 Å². The van der Waals surface area contributed by atoms with E-state index in [0.29, 0.717) is 18.4 Å². The van der Waals surface area contributed by atoms with Gasteiger partial charge in [-0.3, -0.25) is 19.5 Å². The van der Waals surface area contributed by atoms with Crippen molar-refractivity contribution in [1.29, 1.82) is 0 Å².